The molecule has 25 heavy (non-hydrogen) atoms. The van der Waals surface area contributed by atoms with E-state index in [2.05, 4.69) is 10.4 Å². The van der Waals surface area contributed by atoms with Crippen LogP contribution in [0.5, 0.6) is 0 Å². The number of rotatable bonds is 4. The molecule has 0 bridgehead atoms. The normalized spacial score (nSPS) is 17.4. The average molecular weight is 340 g/mol. The molecule has 132 valence electrons. The van der Waals surface area contributed by atoms with Gasteiger partial charge in [0.25, 0.3) is 5.91 Å². The fourth-order valence-electron chi connectivity index (χ4n) is 3.27. The zero-order valence-corrected chi connectivity index (χ0v) is 14.7. The van der Waals surface area contributed by atoms with Gasteiger partial charge in [0.05, 0.1) is 17.3 Å². The van der Waals surface area contributed by atoms with E-state index in [0.29, 0.717) is 18.7 Å². The van der Waals surface area contributed by atoms with Gasteiger partial charge >= 0.3 is 0 Å². The monoisotopic (exact) mass is 340 g/mol. The lowest BCUT2D eigenvalue weighted by atomic mass is 9.96. The predicted molar refractivity (Wildman–Crippen MR) is 96.3 cm³/mol. The molecule has 2 amide bonds. The van der Waals surface area contributed by atoms with Crippen LogP contribution in [0.4, 0.5) is 5.69 Å². The number of anilines is 1. The van der Waals surface area contributed by atoms with E-state index in [9.17, 15) is 9.59 Å². The Labute approximate surface area is 147 Å². The van der Waals surface area contributed by atoms with Gasteiger partial charge in [-0.25, -0.2) is 0 Å². The largest absolute Gasteiger partial charge is 0.338 e. The first-order valence-corrected chi connectivity index (χ1v) is 8.76. The highest BCUT2D eigenvalue weighted by Crippen LogP contribution is 2.22. The van der Waals surface area contributed by atoms with Crippen LogP contribution in [-0.2, 0) is 18.3 Å². The second-order valence-electron chi connectivity index (χ2n) is 6.46. The van der Waals surface area contributed by atoms with Crippen molar-refractivity contribution in [1.29, 1.82) is 0 Å². The van der Waals surface area contributed by atoms with Gasteiger partial charge in [0.1, 0.15) is 0 Å². The van der Waals surface area contributed by atoms with E-state index in [-0.39, 0.29) is 17.7 Å². The topological polar surface area (TPSA) is 67.2 Å². The van der Waals surface area contributed by atoms with Gasteiger partial charge in [-0.3, -0.25) is 14.3 Å². The quantitative estimate of drug-likeness (QED) is 0.930. The number of carbonyl (C=O) groups is 2. The molecule has 1 aliphatic rings. The molecule has 0 saturated carbocycles. The molecule has 2 aromatic rings. The molecule has 1 unspecified atom stereocenters. The predicted octanol–water partition coefficient (Wildman–Crippen LogP) is 2.47. The molecule has 1 aromatic carbocycles. The van der Waals surface area contributed by atoms with Crippen LogP contribution >= 0.6 is 0 Å². The zero-order valence-electron chi connectivity index (χ0n) is 14.7. The summed E-state index contributed by atoms with van der Waals surface area (Å²) in [4.78, 5) is 27.1. The van der Waals surface area contributed by atoms with E-state index < -0.39 is 0 Å². The van der Waals surface area contributed by atoms with E-state index >= 15 is 0 Å². The van der Waals surface area contributed by atoms with Crippen LogP contribution in [0.3, 0.4) is 0 Å². The summed E-state index contributed by atoms with van der Waals surface area (Å²) >= 11 is 0. The first kappa shape index (κ1) is 17.2. The molecule has 6 heteroatoms. The van der Waals surface area contributed by atoms with Crippen molar-refractivity contribution in [2.24, 2.45) is 13.0 Å². The number of carbonyl (C=O) groups excluding carboxylic acids is 2. The van der Waals surface area contributed by atoms with Gasteiger partial charge in [-0.15, -0.1) is 0 Å². The fourth-order valence-corrected chi connectivity index (χ4v) is 3.27. The summed E-state index contributed by atoms with van der Waals surface area (Å²) in [6.07, 6.45) is 4.22. The highest BCUT2D eigenvalue weighted by molar-refractivity contribution is 5.96. The Balaban J connectivity index is 1.66. The van der Waals surface area contributed by atoms with Gasteiger partial charge in [-0.2, -0.15) is 5.10 Å². The summed E-state index contributed by atoms with van der Waals surface area (Å²) in [5.74, 6) is -0.228. The number of benzene rings is 1. The van der Waals surface area contributed by atoms with Crippen LogP contribution in [0.1, 0.15) is 35.8 Å². The molecule has 1 N–H and O–H groups in total. The lowest BCUT2D eigenvalue weighted by molar-refractivity contribution is -0.121. The van der Waals surface area contributed by atoms with Crippen molar-refractivity contribution in [2.75, 3.05) is 18.4 Å². The molecule has 2 heterocycles. The van der Waals surface area contributed by atoms with Crippen LogP contribution in [0, 0.1) is 5.92 Å². The van der Waals surface area contributed by atoms with Crippen LogP contribution in [0.15, 0.2) is 36.5 Å². The zero-order chi connectivity index (χ0) is 17.8. The number of amides is 2. The Bertz CT molecular complexity index is 754. The minimum atomic E-state index is -0.189. The first-order valence-electron chi connectivity index (χ1n) is 8.76. The number of hydrogen-bond donors (Lipinski definition) is 1. The summed E-state index contributed by atoms with van der Waals surface area (Å²) in [5.41, 5.74) is 2.31. The standard InChI is InChI=1S/C19H24N4O2/c1-3-16-17(13-22(2)21-16)20-18(24)15-10-7-11-23(12-15)19(25)14-8-5-4-6-9-14/h4-6,8-9,13,15H,3,7,10-12H2,1-2H3,(H,20,24). The molecule has 1 atom stereocenters. The van der Waals surface area contributed by atoms with Crippen molar-refractivity contribution in [1.82, 2.24) is 14.7 Å². The molecule has 0 aliphatic carbocycles. The molecule has 1 fully saturated rings. The minimum absolute atomic E-state index is 0.00581. The lowest BCUT2D eigenvalue weighted by Crippen LogP contribution is -2.43. The summed E-state index contributed by atoms with van der Waals surface area (Å²) < 4.78 is 1.71. The third-order valence-corrected chi connectivity index (χ3v) is 4.60. The Hall–Kier alpha value is -2.63. The fraction of sp³-hybridized carbons (Fsp3) is 0.421. The van der Waals surface area contributed by atoms with Crippen LogP contribution < -0.4 is 5.32 Å². The Morgan fingerprint density at radius 1 is 1.28 bits per heavy atom. The Kier molecular flexibility index (Phi) is 5.16. The third-order valence-electron chi connectivity index (χ3n) is 4.60. The van der Waals surface area contributed by atoms with Gasteiger partial charge in [0, 0.05) is 31.9 Å². The van der Waals surface area contributed by atoms with Crippen molar-refractivity contribution < 1.29 is 9.59 Å². The lowest BCUT2D eigenvalue weighted by Gasteiger charge is -2.32. The van der Waals surface area contributed by atoms with Gasteiger partial charge in [0.15, 0.2) is 0 Å². The molecular formula is C19H24N4O2. The van der Waals surface area contributed by atoms with Crippen LogP contribution in [0.2, 0.25) is 0 Å². The van der Waals surface area contributed by atoms with Crippen molar-refractivity contribution in [3.8, 4) is 0 Å². The van der Waals surface area contributed by atoms with Gasteiger partial charge in [0.2, 0.25) is 5.91 Å². The van der Waals surface area contributed by atoms with Gasteiger partial charge < -0.3 is 10.2 Å². The molecular weight excluding hydrogens is 316 g/mol. The number of hydrogen-bond acceptors (Lipinski definition) is 3. The van der Waals surface area contributed by atoms with Gasteiger partial charge in [-0.1, -0.05) is 25.1 Å². The summed E-state index contributed by atoms with van der Waals surface area (Å²) in [5, 5.41) is 7.34. The summed E-state index contributed by atoms with van der Waals surface area (Å²) in [7, 11) is 1.84. The maximum Gasteiger partial charge on any atom is 0.253 e. The SMILES string of the molecule is CCc1nn(C)cc1NC(=O)C1CCCN(C(=O)c2ccccc2)C1. The van der Waals surface area contributed by atoms with Crippen molar-refractivity contribution in [2.45, 2.75) is 26.2 Å². The third kappa shape index (κ3) is 3.90. The van der Waals surface area contributed by atoms with Crippen molar-refractivity contribution in [3.63, 3.8) is 0 Å². The highest BCUT2D eigenvalue weighted by atomic mass is 16.2. The minimum Gasteiger partial charge on any atom is -0.338 e. The van der Waals surface area contributed by atoms with E-state index in [1.165, 1.54) is 0 Å². The molecule has 6 nitrogen and oxygen atoms in total. The highest BCUT2D eigenvalue weighted by Gasteiger charge is 2.29. The van der Waals surface area contributed by atoms with Crippen LogP contribution in [0.25, 0.3) is 0 Å². The smallest absolute Gasteiger partial charge is 0.253 e. The second kappa shape index (κ2) is 7.51. The van der Waals surface area contributed by atoms with E-state index in [1.54, 1.807) is 9.58 Å². The Morgan fingerprint density at radius 2 is 2.04 bits per heavy atom. The Morgan fingerprint density at radius 3 is 2.76 bits per heavy atom. The van der Waals surface area contributed by atoms with E-state index in [0.717, 1.165) is 30.6 Å². The average Bonchev–Trinajstić information content (AvgIpc) is 3.01. The second-order valence-corrected chi connectivity index (χ2v) is 6.46. The molecule has 0 spiro atoms. The first-order chi connectivity index (χ1) is 12.1. The molecule has 0 radical (unpaired) electrons. The molecule has 3 rings (SSSR count). The molecule has 1 aromatic heterocycles. The van der Waals surface area contributed by atoms with E-state index in [1.807, 2.05) is 50.5 Å². The summed E-state index contributed by atoms with van der Waals surface area (Å²) in [6, 6.07) is 9.24. The van der Waals surface area contributed by atoms with Crippen LogP contribution in [-0.4, -0.2) is 39.6 Å². The maximum atomic E-state index is 12.7. The number of nitrogens with one attached hydrogen (secondary N) is 1. The van der Waals surface area contributed by atoms with Gasteiger partial charge in [-0.05, 0) is 31.4 Å². The molecule has 1 saturated heterocycles. The van der Waals surface area contributed by atoms with E-state index in [4.69, 9.17) is 0 Å². The summed E-state index contributed by atoms with van der Waals surface area (Å²) in [6.45, 7) is 3.17. The number of nitrogens with zero attached hydrogens (tertiary/aromatic N) is 3. The number of aryl methyl sites for hydroxylation is 2. The number of piperidine rings is 1. The van der Waals surface area contributed by atoms with Crippen molar-refractivity contribution >= 4 is 17.5 Å². The maximum absolute atomic E-state index is 12.7. The number of likely N-dealkylation sites (tertiary alicyclic amines) is 1. The molecule has 1 aliphatic heterocycles. The van der Waals surface area contributed by atoms with Crippen molar-refractivity contribution in [3.05, 3.63) is 47.8 Å². The number of aromatic nitrogens is 2.